The standard InChI is InChI=1S/C49H58F2N8O9S/c1-30(2)36-6-4-5-7-37(36)40-29-66-21-20-58(40)34-25-49(26-34)15-18-57(19-16-49)33-8-9-38(41(23-33)67-42-22-32-12-17-52-43(32)55-46(42)68-47(50)51)45(60)56-69(64,65)35-24-39(59(62)63)44(54-28-35)53-27-31-10-13-48(3,61)14-11-31/h4-9,12,17,22-24,28,30-31,34,40,47,61H,10-11,13-16,18-21,25-27,29H2,1-3H3,(H,52,55)(H,53,54)(H,56,60)/t31?,40-,48?/m0/s1. The maximum atomic E-state index is 14.1. The molecule has 0 unspecified atom stereocenters. The molecule has 69 heavy (non-hydrogen) atoms. The Morgan fingerprint density at radius 2 is 1.80 bits per heavy atom. The third kappa shape index (κ3) is 10.5. The quantitative estimate of drug-likeness (QED) is 0.0571. The molecule has 9 rings (SSSR count). The number of hydrogen-bond acceptors (Lipinski definition) is 14. The van der Waals surface area contributed by atoms with Crippen LogP contribution in [0.5, 0.6) is 17.4 Å². The number of nitro groups is 1. The molecule has 2 saturated heterocycles. The number of anilines is 2. The Bertz CT molecular complexity index is 2800. The smallest absolute Gasteiger partial charge is 0.388 e. The van der Waals surface area contributed by atoms with E-state index in [9.17, 15) is 37.2 Å². The summed E-state index contributed by atoms with van der Waals surface area (Å²) in [4.78, 5) is 40.7. The number of morpholine rings is 1. The summed E-state index contributed by atoms with van der Waals surface area (Å²) in [5.74, 6) is -1.78. The van der Waals surface area contributed by atoms with Gasteiger partial charge in [0.25, 0.3) is 21.8 Å². The number of piperidine rings is 1. The number of amides is 1. The number of nitrogens with one attached hydrogen (secondary N) is 3. The Balaban J connectivity index is 0.935. The van der Waals surface area contributed by atoms with Gasteiger partial charge >= 0.3 is 12.3 Å². The van der Waals surface area contributed by atoms with Gasteiger partial charge < -0.3 is 34.5 Å². The zero-order valence-electron chi connectivity index (χ0n) is 38.8. The summed E-state index contributed by atoms with van der Waals surface area (Å²) in [7, 11) is -4.78. The minimum absolute atomic E-state index is 0.116. The molecule has 0 bridgehead atoms. The van der Waals surface area contributed by atoms with Crippen LogP contribution in [0.2, 0.25) is 0 Å². The minimum Gasteiger partial charge on any atom is -0.451 e. The van der Waals surface area contributed by atoms with Crippen molar-refractivity contribution >= 4 is 44.2 Å². The van der Waals surface area contributed by atoms with Crippen LogP contribution in [0.1, 0.15) is 106 Å². The Morgan fingerprint density at radius 1 is 1.04 bits per heavy atom. The van der Waals surface area contributed by atoms with Gasteiger partial charge in [0, 0.05) is 61.6 Å². The van der Waals surface area contributed by atoms with Crippen molar-refractivity contribution in [3.63, 3.8) is 0 Å². The maximum Gasteiger partial charge on any atom is 0.388 e. The number of benzene rings is 2. The highest BCUT2D eigenvalue weighted by atomic mass is 32.2. The zero-order valence-corrected chi connectivity index (χ0v) is 39.6. The van der Waals surface area contributed by atoms with E-state index in [-0.39, 0.29) is 45.9 Å². The SMILES string of the molecule is CC(C)c1ccccc1[C@@H]1COCCN1C1CC2(CCN(c3ccc(C(=O)NS(=O)(=O)c4cnc(NCC5CCC(C)(O)CC5)c([N+](=O)[O-])c4)c(Oc4cc5cc[nH]c5nc4OC(F)F)c3)CC2)C1. The monoisotopic (exact) mass is 972 g/mol. The predicted molar refractivity (Wildman–Crippen MR) is 254 cm³/mol. The molecule has 4 aliphatic rings. The molecule has 368 valence electrons. The number of alkyl halides is 2. The molecule has 2 aliphatic heterocycles. The Labute approximate surface area is 399 Å². The molecule has 4 fully saturated rings. The van der Waals surface area contributed by atoms with Crippen molar-refractivity contribution in [1.29, 1.82) is 0 Å². The summed E-state index contributed by atoms with van der Waals surface area (Å²) in [5.41, 5.74) is 2.08. The molecule has 1 amide bonds. The first-order valence-electron chi connectivity index (χ1n) is 23.6. The van der Waals surface area contributed by atoms with Crippen LogP contribution in [-0.4, -0.2) is 102 Å². The predicted octanol–water partition coefficient (Wildman–Crippen LogP) is 8.68. The Morgan fingerprint density at radius 3 is 2.52 bits per heavy atom. The van der Waals surface area contributed by atoms with E-state index < -0.39 is 49.5 Å². The van der Waals surface area contributed by atoms with Crippen LogP contribution in [0, 0.1) is 21.4 Å². The number of aromatic nitrogens is 3. The van der Waals surface area contributed by atoms with Crippen molar-refractivity contribution in [2.24, 2.45) is 11.3 Å². The first-order valence-corrected chi connectivity index (χ1v) is 25.0. The first-order chi connectivity index (χ1) is 33.0. The third-order valence-electron chi connectivity index (χ3n) is 14.6. The van der Waals surface area contributed by atoms with E-state index in [0.717, 1.165) is 44.5 Å². The van der Waals surface area contributed by atoms with Crippen LogP contribution in [0.15, 0.2) is 78.0 Å². The van der Waals surface area contributed by atoms with Crippen LogP contribution in [0.3, 0.4) is 0 Å². The summed E-state index contributed by atoms with van der Waals surface area (Å²) in [6, 6.07) is 17.8. The van der Waals surface area contributed by atoms with Crippen molar-refractivity contribution in [1.82, 2.24) is 24.6 Å². The number of fused-ring (bicyclic) bond motifs is 1. The lowest BCUT2D eigenvalue weighted by molar-refractivity contribution is -0.384. The average Bonchev–Trinajstić information content (AvgIpc) is 3.77. The van der Waals surface area contributed by atoms with Gasteiger partial charge in [-0.3, -0.25) is 19.8 Å². The number of H-pyrrole nitrogens is 1. The molecule has 4 N–H and O–H groups in total. The second kappa shape index (κ2) is 19.4. The van der Waals surface area contributed by atoms with E-state index in [4.69, 9.17) is 14.2 Å². The summed E-state index contributed by atoms with van der Waals surface area (Å²) >= 11 is 0. The molecule has 5 aromatic rings. The largest absolute Gasteiger partial charge is 0.451 e. The van der Waals surface area contributed by atoms with Gasteiger partial charge in [-0.2, -0.15) is 13.8 Å². The highest BCUT2D eigenvalue weighted by molar-refractivity contribution is 7.90. The molecule has 20 heteroatoms. The highest BCUT2D eigenvalue weighted by Crippen LogP contribution is 2.53. The molecular weight excluding hydrogens is 915 g/mol. The first kappa shape index (κ1) is 48.1. The maximum absolute atomic E-state index is 14.1. The summed E-state index contributed by atoms with van der Waals surface area (Å²) in [5, 5.41) is 25.9. The number of carbonyl (C=O) groups is 1. The van der Waals surface area contributed by atoms with Gasteiger partial charge in [0.2, 0.25) is 5.82 Å². The second-order valence-corrected chi connectivity index (χ2v) is 21.3. The van der Waals surface area contributed by atoms with Crippen molar-refractivity contribution in [3.8, 4) is 17.4 Å². The van der Waals surface area contributed by atoms with E-state index in [1.165, 1.54) is 23.3 Å². The van der Waals surface area contributed by atoms with Crippen molar-refractivity contribution in [2.75, 3.05) is 49.6 Å². The van der Waals surface area contributed by atoms with E-state index in [1.54, 1.807) is 31.3 Å². The van der Waals surface area contributed by atoms with Gasteiger partial charge in [-0.1, -0.05) is 38.1 Å². The van der Waals surface area contributed by atoms with E-state index in [1.807, 2.05) is 4.72 Å². The number of nitrogens with zero attached hydrogens (tertiary/aromatic N) is 5. The number of rotatable bonds is 15. The molecular formula is C49H58F2N8O9S. The van der Waals surface area contributed by atoms with Gasteiger partial charge in [0.1, 0.15) is 16.3 Å². The number of halogens is 2. The number of aromatic amines is 1. The molecule has 1 spiro atoms. The van der Waals surface area contributed by atoms with Crippen LogP contribution >= 0.6 is 0 Å². The zero-order chi connectivity index (χ0) is 48.7. The molecule has 2 aromatic carbocycles. The van der Waals surface area contributed by atoms with Crippen LogP contribution in [-0.2, 0) is 14.8 Å². The van der Waals surface area contributed by atoms with E-state index >= 15 is 0 Å². The molecule has 2 aliphatic carbocycles. The average molecular weight is 973 g/mol. The van der Waals surface area contributed by atoms with Crippen molar-refractivity contribution < 1.29 is 46.2 Å². The fourth-order valence-corrected chi connectivity index (χ4v) is 11.5. The van der Waals surface area contributed by atoms with Gasteiger partial charge in [0.05, 0.1) is 41.5 Å². The topological polar surface area (TPSA) is 214 Å². The molecule has 0 radical (unpaired) electrons. The lowest BCUT2D eigenvalue weighted by Crippen LogP contribution is -2.58. The third-order valence-corrected chi connectivity index (χ3v) is 15.9. The van der Waals surface area contributed by atoms with Gasteiger partial charge in [0.15, 0.2) is 5.75 Å². The van der Waals surface area contributed by atoms with Crippen LogP contribution in [0.4, 0.5) is 26.0 Å². The van der Waals surface area contributed by atoms with Crippen LogP contribution < -0.4 is 24.4 Å². The van der Waals surface area contributed by atoms with Gasteiger partial charge in [-0.25, -0.2) is 18.1 Å². The lowest BCUT2D eigenvalue weighted by Gasteiger charge is -2.57. The fraction of sp³-hybridized carbons (Fsp3) is 0.490. The van der Waals surface area contributed by atoms with Gasteiger partial charge in [-0.05, 0) is 111 Å². The normalized spacial score (nSPS) is 22.2. The summed E-state index contributed by atoms with van der Waals surface area (Å²) in [6.07, 6.45) is 8.98. The van der Waals surface area contributed by atoms with Gasteiger partial charge in [-0.15, -0.1) is 0 Å². The number of aliphatic hydroxyl groups is 1. The van der Waals surface area contributed by atoms with E-state index in [0.29, 0.717) is 81.6 Å². The second-order valence-electron chi connectivity index (χ2n) is 19.6. The van der Waals surface area contributed by atoms with Crippen molar-refractivity contribution in [3.05, 3.63) is 99.9 Å². The number of pyridine rings is 2. The minimum atomic E-state index is -4.78. The highest BCUT2D eigenvalue weighted by Gasteiger charge is 2.50. The fourth-order valence-electron chi connectivity index (χ4n) is 10.6. The molecule has 17 nitrogen and oxygen atoms in total. The Kier molecular flexibility index (Phi) is 13.5. The van der Waals surface area contributed by atoms with Crippen LogP contribution in [0.25, 0.3) is 11.0 Å². The summed E-state index contributed by atoms with van der Waals surface area (Å²) in [6.45, 7) is 6.88. The van der Waals surface area contributed by atoms with E-state index in [2.05, 4.69) is 68.2 Å². The molecule has 2 saturated carbocycles. The van der Waals surface area contributed by atoms with Crippen molar-refractivity contribution in [2.45, 2.75) is 107 Å². The summed E-state index contributed by atoms with van der Waals surface area (Å²) < 4.78 is 74.0. The molecule has 1 atom stereocenters. The Hall–Kier alpha value is -5.96. The molecule has 3 aromatic heterocycles. The number of hydrogen-bond donors (Lipinski definition) is 4. The number of ether oxygens (including phenoxy) is 3. The number of carbonyl (C=O) groups excluding carboxylic acids is 1. The molecule has 5 heterocycles. The lowest BCUT2D eigenvalue weighted by atomic mass is 9.59. The number of sulfonamides is 1.